The molecule has 0 aromatic rings. The van der Waals surface area contributed by atoms with Gasteiger partial charge in [-0.1, -0.05) is 206 Å². The number of hydrogen-bond donors (Lipinski definition) is 2. The molecular weight excluding hydrogens is 683 g/mol. The summed E-state index contributed by atoms with van der Waals surface area (Å²) in [5, 5.41) is 13.9. The van der Waals surface area contributed by atoms with Crippen LogP contribution < -0.4 is 10.2 Å². The summed E-state index contributed by atoms with van der Waals surface area (Å²) in [5.41, 5.74) is 0. The van der Waals surface area contributed by atoms with E-state index in [2.05, 4.69) is 19.2 Å². The number of unbranched alkanes of at least 4 members (excludes halogenated alkanes) is 29. The highest BCUT2D eigenvalue weighted by Crippen LogP contribution is 2.38. The van der Waals surface area contributed by atoms with E-state index in [9.17, 15) is 19.4 Å². The molecule has 0 fully saturated rings. The van der Waals surface area contributed by atoms with Gasteiger partial charge in [-0.05, 0) is 12.8 Å². The van der Waals surface area contributed by atoms with Gasteiger partial charge in [0.05, 0.1) is 39.9 Å². The van der Waals surface area contributed by atoms with Crippen molar-refractivity contribution in [1.82, 2.24) is 5.32 Å². The van der Waals surface area contributed by atoms with Crippen molar-refractivity contribution in [3.63, 3.8) is 0 Å². The molecule has 0 rings (SSSR count). The van der Waals surface area contributed by atoms with E-state index in [4.69, 9.17) is 9.05 Å². The molecule has 0 saturated carbocycles. The van der Waals surface area contributed by atoms with E-state index < -0.39 is 20.0 Å². The Hall–Kier alpha value is -0.500. The first kappa shape index (κ1) is 52.5. The number of likely N-dealkylation sites (N-methyl/N-ethyl adjacent to an activating group) is 1. The molecule has 1 amide bonds. The summed E-state index contributed by atoms with van der Waals surface area (Å²) in [4.78, 5) is 25.3. The number of nitrogens with zero attached hydrogens (tertiary/aromatic N) is 1. The van der Waals surface area contributed by atoms with Gasteiger partial charge in [-0.25, -0.2) is 0 Å². The van der Waals surface area contributed by atoms with Gasteiger partial charge in [0, 0.05) is 6.42 Å². The summed E-state index contributed by atoms with van der Waals surface area (Å²) < 4.78 is 23.3. The van der Waals surface area contributed by atoms with Crippen molar-refractivity contribution in [1.29, 1.82) is 0 Å². The number of carbonyl (C=O) groups is 1. The number of rotatable bonds is 42. The molecule has 53 heavy (non-hydrogen) atoms. The summed E-state index contributed by atoms with van der Waals surface area (Å²) in [6.07, 6.45) is 39.6. The number of phosphoric ester groups is 1. The Labute approximate surface area is 329 Å². The van der Waals surface area contributed by atoms with Crippen LogP contribution in [0.15, 0.2) is 0 Å². The van der Waals surface area contributed by atoms with Gasteiger partial charge in [0.15, 0.2) is 0 Å². The van der Waals surface area contributed by atoms with Gasteiger partial charge in [0.2, 0.25) is 5.91 Å². The molecule has 0 aromatic heterocycles. The fraction of sp³-hybridized carbons (Fsp3) is 0.977. The van der Waals surface area contributed by atoms with E-state index in [-0.39, 0.29) is 19.1 Å². The average molecular weight is 775 g/mol. The summed E-state index contributed by atoms with van der Waals surface area (Å²) in [5.74, 6) is -0.163. The lowest BCUT2D eigenvalue weighted by molar-refractivity contribution is -0.870. The second-order valence-corrected chi connectivity index (χ2v) is 18.5. The number of hydrogen-bond acceptors (Lipinski definition) is 6. The number of quaternary nitrogens is 1. The third kappa shape index (κ3) is 39.5. The Morgan fingerprint density at radius 2 is 0.925 bits per heavy atom. The minimum atomic E-state index is -4.55. The zero-order valence-corrected chi connectivity index (χ0v) is 36.9. The molecule has 3 atom stereocenters. The van der Waals surface area contributed by atoms with E-state index >= 15 is 0 Å². The molecule has 2 N–H and O–H groups in total. The summed E-state index contributed by atoms with van der Waals surface area (Å²) >= 11 is 0. The van der Waals surface area contributed by atoms with Crippen LogP contribution in [0.1, 0.15) is 226 Å². The van der Waals surface area contributed by atoms with E-state index in [0.29, 0.717) is 23.9 Å². The van der Waals surface area contributed by atoms with Crippen LogP contribution in [-0.2, 0) is 18.4 Å². The molecule has 8 nitrogen and oxygen atoms in total. The van der Waals surface area contributed by atoms with Crippen molar-refractivity contribution in [2.24, 2.45) is 0 Å². The molecular formula is C44H91N2O6P. The maximum absolute atomic E-state index is 12.8. The van der Waals surface area contributed by atoms with Crippen LogP contribution in [0.25, 0.3) is 0 Å². The van der Waals surface area contributed by atoms with Crippen LogP contribution >= 0.6 is 7.82 Å². The smallest absolute Gasteiger partial charge is 0.268 e. The predicted molar refractivity (Wildman–Crippen MR) is 224 cm³/mol. The number of carbonyl (C=O) groups excluding carboxylic acids is 1. The van der Waals surface area contributed by atoms with Gasteiger partial charge < -0.3 is 28.8 Å². The molecule has 0 aliphatic rings. The minimum absolute atomic E-state index is 0.0160. The van der Waals surface area contributed by atoms with Gasteiger partial charge >= 0.3 is 0 Å². The molecule has 0 spiro atoms. The van der Waals surface area contributed by atoms with Crippen LogP contribution in [0.5, 0.6) is 0 Å². The van der Waals surface area contributed by atoms with E-state index in [0.717, 1.165) is 38.5 Å². The lowest BCUT2D eigenvalue weighted by Crippen LogP contribution is -2.46. The lowest BCUT2D eigenvalue weighted by atomic mass is 10.0. The fourth-order valence-electron chi connectivity index (χ4n) is 6.92. The summed E-state index contributed by atoms with van der Waals surface area (Å²) in [6.45, 7) is 4.73. The van der Waals surface area contributed by atoms with Crippen LogP contribution in [0.3, 0.4) is 0 Å². The highest BCUT2D eigenvalue weighted by atomic mass is 31.2. The van der Waals surface area contributed by atoms with Crippen molar-refractivity contribution < 1.29 is 32.9 Å². The largest absolute Gasteiger partial charge is 0.756 e. The third-order valence-electron chi connectivity index (χ3n) is 10.6. The number of nitrogens with one attached hydrogen (secondary N) is 1. The minimum Gasteiger partial charge on any atom is -0.756 e. The quantitative estimate of drug-likeness (QED) is 0.0363. The summed E-state index contributed by atoms with van der Waals surface area (Å²) in [6, 6.07) is -0.792. The summed E-state index contributed by atoms with van der Waals surface area (Å²) in [7, 11) is 1.32. The maximum atomic E-state index is 12.8. The molecule has 0 radical (unpaired) electrons. The molecule has 0 aliphatic heterocycles. The van der Waals surface area contributed by atoms with Gasteiger partial charge in [0.1, 0.15) is 13.2 Å². The molecule has 0 bridgehead atoms. The van der Waals surface area contributed by atoms with Gasteiger partial charge in [-0.3, -0.25) is 9.36 Å². The molecule has 0 aliphatic carbocycles. The van der Waals surface area contributed by atoms with Crippen LogP contribution in [0.4, 0.5) is 0 Å². The highest BCUT2D eigenvalue weighted by molar-refractivity contribution is 7.45. The number of aliphatic hydroxyl groups excluding tert-OH is 1. The van der Waals surface area contributed by atoms with Gasteiger partial charge in [-0.15, -0.1) is 0 Å². The molecule has 3 unspecified atom stereocenters. The third-order valence-corrected chi connectivity index (χ3v) is 11.6. The number of aliphatic hydroxyl groups is 1. The van der Waals surface area contributed by atoms with Crippen LogP contribution in [0.2, 0.25) is 0 Å². The lowest BCUT2D eigenvalue weighted by Gasteiger charge is -2.30. The molecule has 0 aromatic carbocycles. The second kappa shape index (κ2) is 37.1. The first-order valence-corrected chi connectivity index (χ1v) is 24.3. The number of phosphoric acid groups is 1. The Morgan fingerprint density at radius 1 is 0.585 bits per heavy atom. The molecule has 0 saturated heterocycles. The van der Waals surface area contributed by atoms with Gasteiger partial charge in [-0.2, -0.15) is 0 Å². The van der Waals surface area contributed by atoms with Crippen molar-refractivity contribution in [3.05, 3.63) is 0 Å². The first-order valence-electron chi connectivity index (χ1n) is 22.9. The Balaban J connectivity index is 4.25. The van der Waals surface area contributed by atoms with Gasteiger partial charge in [0.25, 0.3) is 7.82 Å². The van der Waals surface area contributed by atoms with Crippen LogP contribution in [0, 0.1) is 0 Å². The topological polar surface area (TPSA) is 108 Å². The fourth-order valence-corrected chi connectivity index (χ4v) is 7.65. The standard InChI is InChI=1S/C44H91N2O6P/c1-6-8-10-12-14-16-18-19-20-21-22-23-24-25-26-28-29-31-33-35-37-43(47)42(41-52-53(49,50)51-40-39-46(3,4)5)45-44(48)38-36-34-32-30-27-17-15-13-11-9-7-2/h42-43,47H,6-41H2,1-5H3,(H-,45,48,49,50). The Morgan fingerprint density at radius 3 is 1.28 bits per heavy atom. The van der Waals surface area contributed by atoms with Crippen molar-refractivity contribution in [3.8, 4) is 0 Å². The Bertz CT molecular complexity index is 839. The molecule has 318 valence electrons. The van der Waals surface area contributed by atoms with Crippen molar-refractivity contribution in [2.45, 2.75) is 238 Å². The molecule has 0 heterocycles. The number of amides is 1. The highest BCUT2D eigenvalue weighted by Gasteiger charge is 2.24. The molecule has 9 heteroatoms. The Kier molecular flexibility index (Phi) is 36.7. The average Bonchev–Trinajstić information content (AvgIpc) is 3.10. The SMILES string of the molecule is CCCCCCCCCCCCCCCCCCCCCCC(O)C(COP(=O)([O-])OCC[N+](C)(C)C)NC(=O)CCCCCCCCCCCCC. The second-order valence-electron chi connectivity index (χ2n) is 17.1. The van der Waals surface area contributed by atoms with Crippen molar-refractivity contribution >= 4 is 13.7 Å². The van der Waals surface area contributed by atoms with Crippen LogP contribution in [-0.4, -0.2) is 68.5 Å². The van der Waals surface area contributed by atoms with E-state index in [1.807, 2.05) is 21.1 Å². The zero-order chi connectivity index (χ0) is 39.3. The maximum Gasteiger partial charge on any atom is 0.268 e. The zero-order valence-electron chi connectivity index (χ0n) is 36.0. The monoisotopic (exact) mass is 775 g/mol. The van der Waals surface area contributed by atoms with E-state index in [1.54, 1.807) is 0 Å². The normalized spacial score (nSPS) is 14.3. The predicted octanol–water partition coefficient (Wildman–Crippen LogP) is 12.0. The van der Waals surface area contributed by atoms with E-state index in [1.165, 1.54) is 161 Å². The first-order chi connectivity index (χ1) is 25.5. The van der Waals surface area contributed by atoms with Crippen molar-refractivity contribution in [2.75, 3.05) is 40.9 Å².